The average molecular weight is 361 g/mol. The molecule has 1 N–H and O–H groups in total. The van der Waals surface area contributed by atoms with Gasteiger partial charge in [-0.2, -0.15) is 0 Å². The number of halogens is 1. The molecule has 0 unspecified atom stereocenters. The SMILES string of the molecule is COc1ccc(C(=O)NCCN(C(C)=O)c2ccc(C)c(Cl)c2)cc1. The molecule has 0 atom stereocenters. The molecule has 25 heavy (non-hydrogen) atoms. The van der Waals surface area contributed by atoms with Crippen LogP contribution in [0, 0.1) is 6.92 Å². The molecule has 0 spiro atoms. The van der Waals surface area contributed by atoms with Gasteiger partial charge in [-0.3, -0.25) is 9.59 Å². The number of hydrogen-bond acceptors (Lipinski definition) is 3. The topological polar surface area (TPSA) is 58.6 Å². The fourth-order valence-electron chi connectivity index (χ4n) is 2.34. The summed E-state index contributed by atoms with van der Waals surface area (Å²) < 4.78 is 5.07. The summed E-state index contributed by atoms with van der Waals surface area (Å²) in [6.07, 6.45) is 0. The van der Waals surface area contributed by atoms with Crippen LogP contribution in [0.5, 0.6) is 5.75 Å². The monoisotopic (exact) mass is 360 g/mol. The lowest BCUT2D eigenvalue weighted by molar-refractivity contribution is -0.116. The maximum Gasteiger partial charge on any atom is 0.251 e. The van der Waals surface area contributed by atoms with E-state index in [1.54, 1.807) is 42.3 Å². The van der Waals surface area contributed by atoms with Crippen LogP contribution in [0.15, 0.2) is 42.5 Å². The molecule has 2 rings (SSSR count). The maximum absolute atomic E-state index is 12.2. The van der Waals surface area contributed by atoms with Gasteiger partial charge >= 0.3 is 0 Å². The number of anilines is 1. The first kappa shape index (κ1) is 18.8. The molecule has 0 heterocycles. The Bertz CT molecular complexity index is 760. The van der Waals surface area contributed by atoms with Gasteiger partial charge in [0.05, 0.1) is 7.11 Å². The molecule has 0 aliphatic carbocycles. The molecule has 0 aromatic heterocycles. The number of carbonyl (C=O) groups is 2. The molecule has 2 aromatic rings. The van der Waals surface area contributed by atoms with Crippen LogP contribution >= 0.6 is 11.6 Å². The minimum atomic E-state index is -0.201. The second-order valence-corrected chi connectivity index (χ2v) is 6.00. The summed E-state index contributed by atoms with van der Waals surface area (Å²) in [5.74, 6) is 0.377. The van der Waals surface area contributed by atoms with Crippen molar-refractivity contribution >= 4 is 29.1 Å². The van der Waals surface area contributed by atoms with E-state index in [2.05, 4.69) is 5.32 Å². The average Bonchev–Trinajstić information content (AvgIpc) is 2.61. The van der Waals surface area contributed by atoms with Crippen molar-refractivity contribution in [2.45, 2.75) is 13.8 Å². The highest BCUT2D eigenvalue weighted by molar-refractivity contribution is 6.31. The molecule has 132 valence electrons. The molecule has 2 aromatic carbocycles. The van der Waals surface area contributed by atoms with Crippen LogP contribution < -0.4 is 15.0 Å². The van der Waals surface area contributed by atoms with Gasteiger partial charge in [0.15, 0.2) is 0 Å². The normalized spacial score (nSPS) is 10.2. The van der Waals surface area contributed by atoms with Crippen molar-refractivity contribution in [1.29, 1.82) is 0 Å². The van der Waals surface area contributed by atoms with Gasteiger partial charge in [0.2, 0.25) is 5.91 Å². The molecule has 6 heteroatoms. The molecule has 5 nitrogen and oxygen atoms in total. The van der Waals surface area contributed by atoms with Crippen molar-refractivity contribution in [1.82, 2.24) is 5.32 Å². The van der Waals surface area contributed by atoms with Crippen molar-refractivity contribution in [3.05, 3.63) is 58.6 Å². The Hall–Kier alpha value is -2.53. The van der Waals surface area contributed by atoms with Crippen LogP contribution in [-0.2, 0) is 4.79 Å². The summed E-state index contributed by atoms with van der Waals surface area (Å²) in [7, 11) is 1.57. The molecular weight excluding hydrogens is 340 g/mol. The zero-order chi connectivity index (χ0) is 18.4. The molecule has 0 saturated carbocycles. The largest absolute Gasteiger partial charge is 0.497 e. The van der Waals surface area contributed by atoms with Gasteiger partial charge in [-0.05, 0) is 48.9 Å². The third-order valence-corrected chi connectivity index (χ3v) is 4.23. The second-order valence-electron chi connectivity index (χ2n) is 5.59. The number of ether oxygens (including phenoxy) is 1. The zero-order valence-corrected chi connectivity index (χ0v) is 15.3. The number of carbonyl (C=O) groups excluding carboxylic acids is 2. The lowest BCUT2D eigenvalue weighted by atomic mass is 10.2. The summed E-state index contributed by atoms with van der Waals surface area (Å²) >= 11 is 6.13. The number of methoxy groups -OCH3 is 1. The van der Waals surface area contributed by atoms with Gasteiger partial charge in [-0.15, -0.1) is 0 Å². The molecule has 0 bridgehead atoms. The highest BCUT2D eigenvalue weighted by Crippen LogP contribution is 2.23. The standard InChI is InChI=1S/C19H21ClN2O3/c1-13-4-7-16(12-18(13)20)22(14(2)23)11-10-21-19(24)15-5-8-17(25-3)9-6-15/h4-9,12H,10-11H2,1-3H3,(H,21,24). The van der Waals surface area contributed by atoms with Crippen LogP contribution in [0.1, 0.15) is 22.8 Å². The van der Waals surface area contributed by atoms with Crippen LogP contribution in [0.3, 0.4) is 0 Å². The highest BCUT2D eigenvalue weighted by Gasteiger charge is 2.13. The fourth-order valence-corrected chi connectivity index (χ4v) is 2.52. The van der Waals surface area contributed by atoms with Gasteiger partial charge in [0.25, 0.3) is 5.91 Å². The minimum absolute atomic E-state index is 0.112. The lowest BCUT2D eigenvalue weighted by Gasteiger charge is -2.22. The smallest absolute Gasteiger partial charge is 0.251 e. The van der Waals surface area contributed by atoms with Crippen LogP contribution in [0.25, 0.3) is 0 Å². The predicted octanol–water partition coefficient (Wildman–Crippen LogP) is 3.44. The van der Waals surface area contributed by atoms with Gasteiger partial charge in [0.1, 0.15) is 5.75 Å². The Morgan fingerprint density at radius 1 is 1.16 bits per heavy atom. The van der Waals surface area contributed by atoms with E-state index in [0.717, 1.165) is 5.56 Å². The molecule has 0 saturated heterocycles. The van der Waals surface area contributed by atoms with E-state index in [1.165, 1.54) is 6.92 Å². The van der Waals surface area contributed by atoms with E-state index in [-0.39, 0.29) is 11.8 Å². The van der Waals surface area contributed by atoms with Crippen molar-refractivity contribution in [2.75, 3.05) is 25.1 Å². The number of rotatable bonds is 6. The van der Waals surface area contributed by atoms with Crippen LogP contribution in [-0.4, -0.2) is 32.0 Å². The Morgan fingerprint density at radius 2 is 1.84 bits per heavy atom. The number of hydrogen-bond donors (Lipinski definition) is 1. The summed E-state index contributed by atoms with van der Waals surface area (Å²) in [5.41, 5.74) is 2.19. The number of nitrogens with zero attached hydrogens (tertiary/aromatic N) is 1. The van der Waals surface area contributed by atoms with Gasteiger partial charge in [-0.1, -0.05) is 17.7 Å². The van der Waals surface area contributed by atoms with E-state index in [0.29, 0.717) is 35.1 Å². The number of amides is 2. The zero-order valence-electron chi connectivity index (χ0n) is 14.5. The van der Waals surface area contributed by atoms with E-state index in [4.69, 9.17) is 16.3 Å². The second kappa shape index (κ2) is 8.53. The first-order valence-corrected chi connectivity index (χ1v) is 8.26. The highest BCUT2D eigenvalue weighted by atomic mass is 35.5. The van der Waals surface area contributed by atoms with Crippen LogP contribution in [0.4, 0.5) is 5.69 Å². The third-order valence-electron chi connectivity index (χ3n) is 3.82. The van der Waals surface area contributed by atoms with E-state index >= 15 is 0 Å². The van der Waals surface area contributed by atoms with Crippen molar-refractivity contribution in [3.63, 3.8) is 0 Å². The first-order chi connectivity index (χ1) is 11.9. The molecular formula is C19H21ClN2O3. The maximum atomic E-state index is 12.2. The quantitative estimate of drug-likeness (QED) is 0.858. The third kappa shape index (κ3) is 4.97. The Kier molecular flexibility index (Phi) is 6.42. The number of nitrogens with one attached hydrogen (secondary N) is 1. The summed E-state index contributed by atoms with van der Waals surface area (Å²) in [4.78, 5) is 25.7. The van der Waals surface area contributed by atoms with Gasteiger partial charge in [0, 0.05) is 36.3 Å². The van der Waals surface area contributed by atoms with Gasteiger partial charge < -0.3 is 15.0 Å². The minimum Gasteiger partial charge on any atom is -0.497 e. The Balaban J connectivity index is 1.97. The fraction of sp³-hybridized carbons (Fsp3) is 0.263. The predicted molar refractivity (Wildman–Crippen MR) is 99.5 cm³/mol. The van der Waals surface area contributed by atoms with Crippen LogP contribution in [0.2, 0.25) is 5.02 Å². The van der Waals surface area contributed by atoms with Crippen molar-refractivity contribution in [3.8, 4) is 5.75 Å². The molecule has 2 amide bonds. The van der Waals surface area contributed by atoms with Crippen molar-refractivity contribution in [2.24, 2.45) is 0 Å². The molecule has 0 aliphatic heterocycles. The summed E-state index contributed by atoms with van der Waals surface area (Å²) in [6.45, 7) is 4.07. The van der Waals surface area contributed by atoms with E-state index in [1.807, 2.05) is 19.1 Å². The molecule has 0 fully saturated rings. The first-order valence-electron chi connectivity index (χ1n) is 7.89. The lowest BCUT2D eigenvalue weighted by Crippen LogP contribution is -2.37. The Morgan fingerprint density at radius 3 is 2.40 bits per heavy atom. The summed E-state index contributed by atoms with van der Waals surface area (Å²) in [6, 6.07) is 12.3. The van der Waals surface area contributed by atoms with Crippen molar-refractivity contribution < 1.29 is 14.3 Å². The molecule has 0 aliphatic rings. The molecule has 0 radical (unpaired) electrons. The van der Waals surface area contributed by atoms with E-state index < -0.39 is 0 Å². The number of benzene rings is 2. The Labute approximate surface area is 152 Å². The summed E-state index contributed by atoms with van der Waals surface area (Å²) in [5, 5.41) is 3.41. The van der Waals surface area contributed by atoms with Gasteiger partial charge in [-0.25, -0.2) is 0 Å². The van der Waals surface area contributed by atoms with E-state index in [9.17, 15) is 9.59 Å². The number of aryl methyl sites for hydroxylation is 1.